The quantitative estimate of drug-likeness (QED) is 0.731. The largest absolute Gasteiger partial charge is 0.360 e. The van der Waals surface area contributed by atoms with Crippen molar-refractivity contribution in [3.05, 3.63) is 34.9 Å². The van der Waals surface area contributed by atoms with Crippen LogP contribution in [0.4, 0.5) is 0 Å². The highest BCUT2D eigenvalue weighted by Crippen LogP contribution is 2.23. The van der Waals surface area contributed by atoms with E-state index in [1.54, 1.807) is 0 Å². The fraction of sp³-hybridized carbons (Fsp3) is 0.200. The van der Waals surface area contributed by atoms with E-state index in [1.165, 1.54) is 0 Å². The van der Waals surface area contributed by atoms with E-state index in [2.05, 4.69) is 15.0 Å². The zero-order valence-electron chi connectivity index (χ0n) is 8.00. The fourth-order valence-corrected chi connectivity index (χ4v) is 1.55. The number of aromatic nitrogens is 3. The smallest absolute Gasteiger partial charge is 0.136 e. The van der Waals surface area contributed by atoms with Gasteiger partial charge < -0.3 is 4.98 Å². The SMILES string of the molecule is Cc1nc(Cl)c(C)c(-c2ccc[nH]2)n1. The van der Waals surface area contributed by atoms with Crippen molar-refractivity contribution in [2.24, 2.45) is 0 Å². The molecule has 2 aromatic heterocycles. The van der Waals surface area contributed by atoms with E-state index in [0.29, 0.717) is 11.0 Å². The lowest BCUT2D eigenvalue weighted by Gasteiger charge is -2.05. The summed E-state index contributed by atoms with van der Waals surface area (Å²) in [6.45, 7) is 3.75. The summed E-state index contributed by atoms with van der Waals surface area (Å²) in [5, 5.41) is 0.516. The summed E-state index contributed by atoms with van der Waals surface area (Å²) < 4.78 is 0. The van der Waals surface area contributed by atoms with Crippen LogP contribution in [0.5, 0.6) is 0 Å². The first-order valence-corrected chi connectivity index (χ1v) is 4.71. The van der Waals surface area contributed by atoms with Gasteiger partial charge in [-0.1, -0.05) is 11.6 Å². The van der Waals surface area contributed by atoms with Crippen molar-refractivity contribution in [2.45, 2.75) is 13.8 Å². The van der Waals surface area contributed by atoms with Gasteiger partial charge in [0.25, 0.3) is 0 Å². The summed E-state index contributed by atoms with van der Waals surface area (Å²) in [4.78, 5) is 11.5. The minimum atomic E-state index is 0.516. The number of nitrogens with zero attached hydrogens (tertiary/aromatic N) is 2. The molecule has 0 spiro atoms. The molecule has 4 heteroatoms. The number of hydrogen-bond acceptors (Lipinski definition) is 2. The van der Waals surface area contributed by atoms with Crippen LogP contribution in [0.15, 0.2) is 18.3 Å². The highest BCUT2D eigenvalue weighted by atomic mass is 35.5. The molecule has 0 fully saturated rings. The Morgan fingerprint density at radius 1 is 1.29 bits per heavy atom. The highest BCUT2D eigenvalue weighted by molar-refractivity contribution is 6.30. The van der Waals surface area contributed by atoms with E-state index in [4.69, 9.17) is 11.6 Å². The van der Waals surface area contributed by atoms with Crippen molar-refractivity contribution in [3.63, 3.8) is 0 Å². The molecule has 0 radical (unpaired) electrons. The van der Waals surface area contributed by atoms with Crippen molar-refractivity contribution in [2.75, 3.05) is 0 Å². The Kier molecular flexibility index (Phi) is 2.25. The number of aryl methyl sites for hydroxylation is 1. The van der Waals surface area contributed by atoms with E-state index in [-0.39, 0.29) is 0 Å². The van der Waals surface area contributed by atoms with Crippen LogP contribution in [0.2, 0.25) is 5.15 Å². The lowest BCUT2D eigenvalue weighted by molar-refractivity contribution is 1.03. The summed E-state index contributed by atoms with van der Waals surface area (Å²) >= 11 is 5.97. The molecular weight excluding hydrogens is 198 g/mol. The molecule has 0 aliphatic rings. The summed E-state index contributed by atoms with van der Waals surface area (Å²) in [7, 11) is 0. The first-order valence-electron chi connectivity index (χ1n) is 4.33. The lowest BCUT2D eigenvalue weighted by atomic mass is 10.2. The number of nitrogens with one attached hydrogen (secondary N) is 1. The third kappa shape index (κ3) is 1.51. The summed E-state index contributed by atoms with van der Waals surface area (Å²) in [6.07, 6.45) is 1.86. The number of rotatable bonds is 1. The van der Waals surface area contributed by atoms with Crippen molar-refractivity contribution < 1.29 is 0 Å². The van der Waals surface area contributed by atoms with E-state index in [0.717, 1.165) is 17.0 Å². The topological polar surface area (TPSA) is 41.6 Å². The molecule has 0 bridgehead atoms. The summed E-state index contributed by atoms with van der Waals surface area (Å²) in [5.74, 6) is 0.685. The Bertz CT molecular complexity index is 449. The summed E-state index contributed by atoms with van der Waals surface area (Å²) in [5.41, 5.74) is 2.74. The van der Waals surface area contributed by atoms with Gasteiger partial charge in [0.2, 0.25) is 0 Å². The number of halogens is 1. The third-order valence-electron chi connectivity index (χ3n) is 2.05. The van der Waals surface area contributed by atoms with Gasteiger partial charge in [0.15, 0.2) is 0 Å². The van der Waals surface area contributed by atoms with Crippen LogP contribution >= 0.6 is 11.6 Å². The number of H-pyrrole nitrogens is 1. The van der Waals surface area contributed by atoms with Gasteiger partial charge in [0.1, 0.15) is 11.0 Å². The molecule has 0 unspecified atom stereocenters. The normalized spacial score (nSPS) is 10.5. The number of hydrogen-bond donors (Lipinski definition) is 1. The van der Waals surface area contributed by atoms with Crippen LogP contribution in [0, 0.1) is 13.8 Å². The van der Waals surface area contributed by atoms with E-state index in [1.807, 2.05) is 32.2 Å². The van der Waals surface area contributed by atoms with Crippen LogP contribution in [0.3, 0.4) is 0 Å². The van der Waals surface area contributed by atoms with Gasteiger partial charge >= 0.3 is 0 Å². The minimum Gasteiger partial charge on any atom is -0.360 e. The van der Waals surface area contributed by atoms with Crippen molar-refractivity contribution in [1.29, 1.82) is 0 Å². The molecule has 2 heterocycles. The van der Waals surface area contributed by atoms with Gasteiger partial charge in [-0.25, -0.2) is 9.97 Å². The molecule has 0 aromatic carbocycles. The van der Waals surface area contributed by atoms with Crippen LogP contribution in [0.25, 0.3) is 11.4 Å². The molecule has 0 atom stereocenters. The highest BCUT2D eigenvalue weighted by Gasteiger charge is 2.09. The lowest BCUT2D eigenvalue weighted by Crippen LogP contribution is -1.96. The Morgan fingerprint density at radius 2 is 2.07 bits per heavy atom. The summed E-state index contributed by atoms with van der Waals surface area (Å²) in [6, 6.07) is 3.89. The second kappa shape index (κ2) is 3.42. The molecule has 0 aliphatic carbocycles. The van der Waals surface area contributed by atoms with E-state index >= 15 is 0 Å². The zero-order chi connectivity index (χ0) is 10.1. The predicted molar refractivity (Wildman–Crippen MR) is 56.3 cm³/mol. The maximum atomic E-state index is 5.97. The third-order valence-corrected chi connectivity index (χ3v) is 2.42. The van der Waals surface area contributed by atoms with Gasteiger partial charge in [-0.3, -0.25) is 0 Å². The first-order chi connectivity index (χ1) is 6.68. The van der Waals surface area contributed by atoms with Gasteiger partial charge in [-0.15, -0.1) is 0 Å². The van der Waals surface area contributed by atoms with Gasteiger partial charge in [-0.2, -0.15) is 0 Å². The average Bonchev–Trinajstić information content (AvgIpc) is 2.63. The molecule has 0 saturated heterocycles. The molecule has 0 aliphatic heterocycles. The van der Waals surface area contributed by atoms with Crippen LogP contribution in [-0.2, 0) is 0 Å². The van der Waals surface area contributed by atoms with Gasteiger partial charge in [-0.05, 0) is 26.0 Å². The van der Waals surface area contributed by atoms with Gasteiger partial charge in [0, 0.05) is 11.8 Å². The second-order valence-electron chi connectivity index (χ2n) is 3.12. The van der Waals surface area contributed by atoms with Crippen LogP contribution < -0.4 is 0 Å². The zero-order valence-corrected chi connectivity index (χ0v) is 8.76. The Labute approximate surface area is 87.2 Å². The van der Waals surface area contributed by atoms with Crippen molar-refractivity contribution in [3.8, 4) is 11.4 Å². The Hall–Kier alpha value is -1.35. The molecule has 1 N–H and O–H groups in total. The van der Waals surface area contributed by atoms with Crippen LogP contribution in [-0.4, -0.2) is 15.0 Å². The average molecular weight is 208 g/mol. The molecule has 14 heavy (non-hydrogen) atoms. The fourth-order valence-electron chi connectivity index (χ4n) is 1.33. The Morgan fingerprint density at radius 3 is 2.71 bits per heavy atom. The Balaban J connectivity index is 2.64. The standard InChI is InChI=1S/C10H10ClN3/c1-6-9(8-4-3-5-12-8)13-7(2)14-10(6)11/h3-5,12H,1-2H3. The van der Waals surface area contributed by atoms with Crippen molar-refractivity contribution >= 4 is 11.6 Å². The van der Waals surface area contributed by atoms with E-state index < -0.39 is 0 Å². The maximum absolute atomic E-state index is 5.97. The first kappa shape index (κ1) is 9.21. The molecule has 2 rings (SSSR count). The second-order valence-corrected chi connectivity index (χ2v) is 3.48. The molecular formula is C10H10ClN3. The minimum absolute atomic E-state index is 0.516. The van der Waals surface area contributed by atoms with Gasteiger partial charge in [0.05, 0.1) is 11.4 Å². The molecule has 2 aromatic rings. The molecule has 3 nitrogen and oxygen atoms in total. The maximum Gasteiger partial charge on any atom is 0.136 e. The monoisotopic (exact) mass is 207 g/mol. The molecule has 0 amide bonds. The van der Waals surface area contributed by atoms with Crippen molar-refractivity contribution in [1.82, 2.24) is 15.0 Å². The van der Waals surface area contributed by atoms with E-state index in [9.17, 15) is 0 Å². The van der Waals surface area contributed by atoms with Crippen LogP contribution in [0.1, 0.15) is 11.4 Å². The predicted octanol–water partition coefficient (Wildman–Crippen LogP) is 2.74. The number of aromatic amines is 1. The molecule has 72 valence electrons. The molecule has 0 saturated carbocycles.